The molecule has 236 valence electrons. The van der Waals surface area contributed by atoms with Crippen molar-refractivity contribution in [1.82, 2.24) is 23.5 Å². The van der Waals surface area contributed by atoms with E-state index in [2.05, 4.69) is 171 Å². The molecule has 0 aliphatic rings. The maximum atomic E-state index is 5.20. The molecular formula is C46H27N5. The highest BCUT2D eigenvalue weighted by Crippen LogP contribution is 2.45. The smallest absolute Gasteiger partial charge is 0.145 e. The Kier molecular flexibility index (Phi) is 5.17. The molecule has 0 spiro atoms. The molecule has 0 fully saturated rings. The largest absolute Gasteiger partial charge is 0.309 e. The van der Waals surface area contributed by atoms with E-state index in [9.17, 15) is 0 Å². The number of hydrogen-bond donors (Lipinski definition) is 0. The molecule has 51 heavy (non-hydrogen) atoms. The highest BCUT2D eigenvalue weighted by atomic mass is 15.1. The van der Waals surface area contributed by atoms with Crippen LogP contribution in [0.3, 0.4) is 0 Å². The molecule has 0 N–H and O–H groups in total. The second-order valence-corrected chi connectivity index (χ2v) is 13.4. The summed E-state index contributed by atoms with van der Waals surface area (Å²) >= 11 is 0. The highest BCUT2D eigenvalue weighted by Gasteiger charge is 2.23. The molecule has 0 atom stereocenters. The molecule has 5 heterocycles. The minimum Gasteiger partial charge on any atom is -0.309 e. The molecule has 7 aromatic carbocycles. The van der Waals surface area contributed by atoms with Crippen molar-refractivity contribution in [3.05, 3.63) is 164 Å². The fourth-order valence-corrected chi connectivity index (χ4v) is 8.77. The van der Waals surface area contributed by atoms with E-state index in [4.69, 9.17) is 9.97 Å². The van der Waals surface area contributed by atoms with Gasteiger partial charge in [0.1, 0.15) is 5.82 Å². The van der Waals surface area contributed by atoms with Gasteiger partial charge in [-0.1, -0.05) is 97.1 Å². The molecule has 0 saturated carbocycles. The standard InChI is InChI=1S/C46H27N5/c1-2-13-29(14-3-1)50-39-23-9-6-20-36(39)48-46(50)28-12-10-15-30(26-28)49-38-22-8-5-17-33(38)42-34-18-11-19-35-43(34)41(27-40(42)49)51-37-21-7-4-16-31(37)32-24-25-47-44(35)45(32)51/h1-27H. The van der Waals surface area contributed by atoms with Crippen molar-refractivity contribution in [1.29, 1.82) is 0 Å². The molecule has 0 aliphatic heterocycles. The topological polar surface area (TPSA) is 40.0 Å². The molecule has 5 aromatic heterocycles. The third-order valence-electron chi connectivity index (χ3n) is 10.8. The number of imidazole rings is 1. The molecule has 0 bridgehead atoms. The van der Waals surface area contributed by atoms with Gasteiger partial charge in [-0.2, -0.15) is 0 Å². The normalized spacial score (nSPS) is 12.3. The summed E-state index contributed by atoms with van der Waals surface area (Å²) in [6, 6.07) is 56.6. The molecule has 0 amide bonds. The van der Waals surface area contributed by atoms with E-state index in [-0.39, 0.29) is 0 Å². The predicted octanol–water partition coefficient (Wildman–Crippen LogP) is 11.5. The number of hydrogen-bond acceptors (Lipinski definition) is 2. The van der Waals surface area contributed by atoms with Crippen LogP contribution in [-0.4, -0.2) is 23.5 Å². The molecule has 5 nitrogen and oxygen atoms in total. The predicted molar refractivity (Wildman–Crippen MR) is 211 cm³/mol. The van der Waals surface area contributed by atoms with Crippen molar-refractivity contribution in [3.8, 4) is 22.8 Å². The van der Waals surface area contributed by atoms with Gasteiger partial charge in [0.2, 0.25) is 0 Å². The van der Waals surface area contributed by atoms with Crippen LogP contribution in [0.5, 0.6) is 0 Å². The number of pyridine rings is 2. The van der Waals surface area contributed by atoms with Gasteiger partial charge in [0.15, 0.2) is 0 Å². The van der Waals surface area contributed by atoms with Gasteiger partial charge in [-0.25, -0.2) is 4.98 Å². The Morgan fingerprint density at radius 2 is 1.10 bits per heavy atom. The van der Waals surface area contributed by atoms with E-state index in [0.717, 1.165) is 39.3 Å². The number of nitrogens with zero attached hydrogens (tertiary/aromatic N) is 5. The van der Waals surface area contributed by atoms with E-state index < -0.39 is 0 Å². The first-order valence-electron chi connectivity index (χ1n) is 17.3. The molecule has 0 aliphatic carbocycles. The summed E-state index contributed by atoms with van der Waals surface area (Å²) in [5, 5.41) is 8.61. The summed E-state index contributed by atoms with van der Waals surface area (Å²) in [6.07, 6.45) is 1.96. The third kappa shape index (κ3) is 3.49. The second kappa shape index (κ2) is 9.80. The van der Waals surface area contributed by atoms with Crippen LogP contribution in [0.15, 0.2) is 164 Å². The van der Waals surface area contributed by atoms with Crippen LogP contribution in [-0.2, 0) is 0 Å². The summed E-state index contributed by atoms with van der Waals surface area (Å²) in [7, 11) is 0. The number of rotatable bonds is 3. The fraction of sp³-hybridized carbons (Fsp3) is 0. The van der Waals surface area contributed by atoms with Crippen molar-refractivity contribution in [2.24, 2.45) is 0 Å². The SMILES string of the molecule is c1ccc(-n2c(-c3cccc(-n4c5ccccc5c5c6cccc7c8nccc9c%10ccccc%10n(c(cc54)c76)c98)c3)nc3ccccc32)cc1. The van der Waals surface area contributed by atoms with Crippen LogP contribution in [0.1, 0.15) is 0 Å². The van der Waals surface area contributed by atoms with Gasteiger partial charge in [-0.3, -0.25) is 9.55 Å². The van der Waals surface area contributed by atoms with Gasteiger partial charge in [0.25, 0.3) is 0 Å². The molecule has 0 unspecified atom stereocenters. The second-order valence-electron chi connectivity index (χ2n) is 13.4. The zero-order valence-electron chi connectivity index (χ0n) is 27.3. The van der Waals surface area contributed by atoms with Gasteiger partial charge in [-0.15, -0.1) is 0 Å². The highest BCUT2D eigenvalue weighted by molar-refractivity contribution is 6.33. The quantitative estimate of drug-likeness (QED) is 0.141. The van der Waals surface area contributed by atoms with Crippen molar-refractivity contribution in [3.63, 3.8) is 0 Å². The monoisotopic (exact) mass is 649 g/mol. The first kappa shape index (κ1) is 26.9. The van der Waals surface area contributed by atoms with E-state index >= 15 is 0 Å². The van der Waals surface area contributed by atoms with Crippen LogP contribution >= 0.6 is 0 Å². The lowest BCUT2D eigenvalue weighted by Gasteiger charge is -2.15. The Bertz CT molecular complexity index is 3360. The van der Waals surface area contributed by atoms with Crippen molar-refractivity contribution in [2.75, 3.05) is 0 Å². The maximum Gasteiger partial charge on any atom is 0.145 e. The van der Waals surface area contributed by atoms with Crippen LogP contribution in [0.4, 0.5) is 0 Å². The van der Waals surface area contributed by atoms with E-state index in [1.54, 1.807) is 0 Å². The summed E-state index contributed by atoms with van der Waals surface area (Å²) < 4.78 is 7.16. The van der Waals surface area contributed by atoms with E-state index in [1.807, 2.05) is 6.20 Å². The van der Waals surface area contributed by atoms with Crippen molar-refractivity contribution in [2.45, 2.75) is 0 Å². The first-order chi connectivity index (χ1) is 25.3. The van der Waals surface area contributed by atoms with E-state index in [1.165, 1.54) is 65.3 Å². The van der Waals surface area contributed by atoms with Crippen LogP contribution in [0, 0.1) is 0 Å². The summed E-state index contributed by atoms with van der Waals surface area (Å²) in [6.45, 7) is 0. The van der Waals surface area contributed by atoms with Gasteiger partial charge in [0, 0.05) is 55.5 Å². The lowest BCUT2D eigenvalue weighted by molar-refractivity contribution is 1.10. The minimum absolute atomic E-state index is 0.917. The van der Waals surface area contributed by atoms with Crippen molar-refractivity contribution < 1.29 is 0 Å². The average Bonchev–Trinajstić information content (AvgIpc) is 3.86. The third-order valence-corrected chi connectivity index (χ3v) is 10.8. The van der Waals surface area contributed by atoms with Crippen LogP contribution < -0.4 is 0 Å². The average molecular weight is 650 g/mol. The Hall–Kier alpha value is -6.98. The van der Waals surface area contributed by atoms with Gasteiger partial charge < -0.3 is 8.97 Å². The molecular weight excluding hydrogens is 623 g/mol. The summed E-state index contributed by atoms with van der Waals surface area (Å²) in [5.41, 5.74) is 12.2. The molecule has 5 heteroatoms. The number of benzene rings is 7. The van der Waals surface area contributed by atoms with Gasteiger partial charge >= 0.3 is 0 Å². The lowest BCUT2D eigenvalue weighted by Crippen LogP contribution is -1.99. The number of para-hydroxylation sites is 5. The Labute approximate surface area is 291 Å². The molecule has 0 saturated heterocycles. The molecule has 0 radical (unpaired) electrons. The first-order valence-corrected chi connectivity index (χ1v) is 17.3. The number of fused-ring (bicyclic) bond motifs is 10. The molecule has 12 aromatic rings. The zero-order valence-corrected chi connectivity index (χ0v) is 27.3. The Morgan fingerprint density at radius 1 is 0.412 bits per heavy atom. The maximum absolute atomic E-state index is 5.20. The zero-order chi connectivity index (χ0) is 33.2. The minimum atomic E-state index is 0.917. The van der Waals surface area contributed by atoms with Crippen LogP contribution in [0.2, 0.25) is 0 Å². The molecule has 12 rings (SSSR count). The summed E-state index contributed by atoms with van der Waals surface area (Å²) in [5.74, 6) is 0.917. The lowest BCUT2D eigenvalue weighted by atomic mass is 9.98. The summed E-state index contributed by atoms with van der Waals surface area (Å²) in [4.78, 5) is 10.2. The van der Waals surface area contributed by atoms with Gasteiger partial charge in [0.05, 0.1) is 44.1 Å². The Balaban J connectivity index is 1.22. The van der Waals surface area contributed by atoms with E-state index in [0.29, 0.717) is 0 Å². The van der Waals surface area contributed by atoms with Gasteiger partial charge in [-0.05, 0) is 66.0 Å². The van der Waals surface area contributed by atoms with Crippen molar-refractivity contribution >= 4 is 81.8 Å². The number of aromatic nitrogens is 5. The Morgan fingerprint density at radius 3 is 2.00 bits per heavy atom. The van der Waals surface area contributed by atoms with Crippen LogP contribution in [0.25, 0.3) is 105 Å². The fourth-order valence-electron chi connectivity index (χ4n) is 8.77.